The molecule has 0 spiro atoms. The van der Waals surface area contributed by atoms with Gasteiger partial charge in [-0.3, -0.25) is 14.4 Å². The number of unbranched alkanes of at least 4 members (excludes halogenated alkanes) is 2. The van der Waals surface area contributed by atoms with Crippen LogP contribution in [0.2, 0.25) is 0 Å². The third kappa shape index (κ3) is 3.42. The zero-order valence-electron chi connectivity index (χ0n) is 14.2. The van der Waals surface area contributed by atoms with Crippen LogP contribution in [0.3, 0.4) is 0 Å². The molecule has 1 aliphatic rings. The maximum atomic E-state index is 12.9. The Kier molecular flexibility index (Phi) is 5.52. The quantitative estimate of drug-likeness (QED) is 0.363. The van der Waals surface area contributed by atoms with Crippen LogP contribution in [0.4, 0.5) is 11.4 Å². The van der Waals surface area contributed by atoms with E-state index < -0.39 is 0 Å². The molecule has 2 aromatic rings. The van der Waals surface area contributed by atoms with E-state index >= 15 is 0 Å². The lowest BCUT2D eigenvalue weighted by Crippen LogP contribution is -2.25. The number of nitrogens with two attached hydrogens (primary N) is 1. The molecule has 0 fully saturated rings. The van der Waals surface area contributed by atoms with Crippen molar-refractivity contribution in [1.29, 1.82) is 0 Å². The fourth-order valence-electron chi connectivity index (χ4n) is 3.12. The number of nitrogens with one attached hydrogen (secondary N) is 1. The highest BCUT2D eigenvalue weighted by molar-refractivity contribution is 9.09. The van der Waals surface area contributed by atoms with Crippen molar-refractivity contribution < 1.29 is 14.4 Å². The van der Waals surface area contributed by atoms with Crippen molar-refractivity contribution in [1.82, 2.24) is 0 Å². The molecule has 26 heavy (non-hydrogen) atoms. The molecule has 0 heterocycles. The minimum atomic E-state index is -0.294. The first kappa shape index (κ1) is 18.3. The molecule has 0 bridgehead atoms. The van der Waals surface area contributed by atoms with Crippen molar-refractivity contribution in [2.24, 2.45) is 0 Å². The Morgan fingerprint density at radius 2 is 1.58 bits per heavy atom. The minimum Gasteiger partial charge on any atom is -0.398 e. The molecule has 5 nitrogen and oxygen atoms in total. The minimum absolute atomic E-state index is 0.172. The fraction of sp³-hybridized carbons (Fsp3) is 0.250. The molecular formula is C20H19BrN2O3. The number of benzene rings is 2. The number of amides is 1. The van der Waals surface area contributed by atoms with Gasteiger partial charge in [0.1, 0.15) is 0 Å². The summed E-state index contributed by atoms with van der Waals surface area (Å²) in [5.74, 6) is -0.760. The molecule has 2 aromatic carbocycles. The van der Waals surface area contributed by atoms with Crippen molar-refractivity contribution in [3.63, 3.8) is 0 Å². The van der Waals surface area contributed by atoms with Crippen LogP contribution < -0.4 is 11.1 Å². The molecule has 0 aromatic heterocycles. The first-order chi connectivity index (χ1) is 12.5. The summed E-state index contributed by atoms with van der Waals surface area (Å²) in [4.78, 5) is 38.0. The summed E-state index contributed by atoms with van der Waals surface area (Å²) < 4.78 is 0. The van der Waals surface area contributed by atoms with E-state index in [-0.39, 0.29) is 34.3 Å². The van der Waals surface area contributed by atoms with E-state index in [1.54, 1.807) is 36.4 Å². The van der Waals surface area contributed by atoms with E-state index in [0.29, 0.717) is 23.2 Å². The lowest BCUT2D eigenvalue weighted by Gasteiger charge is -2.21. The van der Waals surface area contributed by atoms with Crippen molar-refractivity contribution in [2.75, 3.05) is 16.4 Å². The number of ketones is 2. The average molecular weight is 415 g/mol. The summed E-state index contributed by atoms with van der Waals surface area (Å²) in [6.45, 7) is 0. The van der Waals surface area contributed by atoms with Crippen LogP contribution in [0.25, 0.3) is 0 Å². The Balaban J connectivity index is 1.92. The molecule has 3 rings (SSSR count). The largest absolute Gasteiger partial charge is 0.398 e. The maximum Gasteiger partial charge on any atom is 0.224 e. The normalized spacial score (nSPS) is 12.5. The van der Waals surface area contributed by atoms with Crippen LogP contribution in [0.5, 0.6) is 0 Å². The van der Waals surface area contributed by atoms with Crippen molar-refractivity contribution in [3.05, 3.63) is 58.7 Å². The number of rotatable bonds is 6. The van der Waals surface area contributed by atoms with Gasteiger partial charge < -0.3 is 11.1 Å². The van der Waals surface area contributed by atoms with Gasteiger partial charge in [0.25, 0.3) is 0 Å². The highest BCUT2D eigenvalue weighted by atomic mass is 79.9. The molecule has 0 unspecified atom stereocenters. The molecule has 134 valence electrons. The number of carbonyl (C=O) groups is 3. The predicted molar refractivity (Wildman–Crippen MR) is 105 cm³/mol. The Hall–Kier alpha value is -2.47. The predicted octanol–water partition coefficient (Wildman–Crippen LogP) is 3.94. The summed E-state index contributed by atoms with van der Waals surface area (Å²) in [6.07, 6.45) is 3.09. The number of anilines is 2. The van der Waals surface area contributed by atoms with Gasteiger partial charge >= 0.3 is 0 Å². The number of fused-ring (bicyclic) bond motifs is 2. The maximum absolute atomic E-state index is 12.9. The summed E-state index contributed by atoms with van der Waals surface area (Å²) in [7, 11) is 0. The fourth-order valence-corrected chi connectivity index (χ4v) is 3.52. The third-order valence-corrected chi connectivity index (χ3v) is 4.98. The lowest BCUT2D eigenvalue weighted by atomic mass is 9.82. The molecule has 3 N–H and O–H groups in total. The molecule has 1 amide bonds. The summed E-state index contributed by atoms with van der Waals surface area (Å²) >= 11 is 3.36. The van der Waals surface area contributed by atoms with Gasteiger partial charge in [-0.15, -0.1) is 0 Å². The monoisotopic (exact) mass is 414 g/mol. The van der Waals surface area contributed by atoms with Gasteiger partial charge in [-0.1, -0.05) is 46.6 Å². The first-order valence-electron chi connectivity index (χ1n) is 8.51. The summed E-state index contributed by atoms with van der Waals surface area (Å²) in [6, 6.07) is 9.80. The molecule has 1 aliphatic carbocycles. The highest BCUT2D eigenvalue weighted by Gasteiger charge is 2.33. The zero-order chi connectivity index (χ0) is 18.7. The Bertz CT molecular complexity index is 893. The van der Waals surface area contributed by atoms with Crippen LogP contribution >= 0.6 is 15.9 Å². The zero-order valence-corrected chi connectivity index (χ0v) is 15.8. The van der Waals surface area contributed by atoms with Crippen molar-refractivity contribution >= 4 is 44.8 Å². The molecular weight excluding hydrogens is 396 g/mol. The molecule has 0 saturated heterocycles. The van der Waals surface area contributed by atoms with Crippen LogP contribution in [0.15, 0.2) is 36.4 Å². The molecule has 0 radical (unpaired) electrons. The third-order valence-electron chi connectivity index (χ3n) is 4.42. The van der Waals surface area contributed by atoms with Gasteiger partial charge in [0, 0.05) is 28.6 Å². The SMILES string of the molecule is Nc1ccc(NC(=O)CCCCCBr)c2c1C(=O)c1ccccc1C2=O. The molecule has 0 saturated carbocycles. The van der Waals surface area contributed by atoms with Gasteiger partial charge in [0.15, 0.2) is 11.6 Å². The number of hydrogen-bond donors (Lipinski definition) is 2. The van der Waals surface area contributed by atoms with Crippen LogP contribution in [-0.2, 0) is 4.79 Å². The van der Waals surface area contributed by atoms with Crippen LogP contribution in [-0.4, -0.2) is 22.8 Å². The van der Waals surface area contributed by atoms with Crippen LogP contribution in [0.1, 0.15) is 57.5 Å². The van der Waals surface area contributed by atoms with Gasteiger partial charge in [-0.05, 0) is 25.0 Å². The number of halogens is 1. The van der Waals surface area contributed by atoms with Crippen LogP contribution in [0, 0.1) is 0 Å². The van der Waals surface area contributed by atoms with Gasteiger partial charge in [-0.2, -0.15) is 0 Å². The summed E-state index contributed by atoms with van der Waals surface area (Å²) in [5, 5.41) is 3.69. The topological polar surface area (TPSA) is 89.3 Å². The van der Waals surface area contributed by atoms with Gasteiger partial charge in [0.2, 0.25) is 5.91 Å². The van der Waals surface area contributed by atoms with E-state index in [2.05, 4.69) is 21.2 Å². The lowest BCUT2D eigenvalue weighted by molar-refractivity contribution is -0.116. The Labute approximate surface area is 160 Å². The molecule has 0 atom stereocenters. The molecule has 0 aliphatic heterocycles. The van der Waals surface area contributed by atoms with Gasteiger partial charge in [-0.25, -0.2) is 0 Å². The molecule has 6 heteroatoms. The number of nitrogen functional groups attached to an aromatic ring is 1. The standard InChI is InChI=1S/C20H19BrN2O3/c21-11-5-1-2-8-16(24)23-15-10-9-14(22)17-18(15)20(26)13-7-4-3-6-12(13)19(17)25/h3-4,6-7,9-10H,1-2,5,8,11,22H2,(H,23,24). The Morgan fingerprint density at radius 1 is 0.923 bits per heavy atom. The second-order valence-corrected chi connectivity index (χ2v) is 7.00. The number of alkyl halides is 1. The second kappa shape index (κ2) is 7.83. The second-order valence-electron chi connectivity index (χ2n) is 6.20. The Morgan fingerprint density at radius 3 is 2.23 bits per heavy atom. The van der Waals surface area contributed by atoms with Gasteiger partial charge in [0.05, 0.1) is 16.8 Å². The smallest absolute Gasteiger partial charge is 0.224 e. The first-order valence-corrected chi connectivity index (χ1v) is 9.63. The average Bonchev–Trinajstić information content (AvgIpc) is 2.64. The number of hydrogen-bond acceptors (Lipinski definition) is 4. The van der Waals surface area contributed by atoms with E-state index in [0.717, 1.165) is 24.6 Å². The van der Waals surface area contributed by atoms with E-state index in [9.17, 15) is 14.4 Å². The number of carbonyl (C=O) groups excluding carboxylic acids is 3. The van der Waals surface area contributed by atoms with E-state index in [1.807, 2.05) is 0 Å². The highest BCUT2D eigenvalue weighted by Crippen LogP contribution is 2.35. The van der Waals surface area contributed by atoms with E-state index in [4.69, 9.17) is 5.73 Å². The van der Waals surface area contributed by atoms with Crippen molar-refractivity contribution in [2.45, 2.75) is 25.7 Å². The summed E-state index contributed by atoms with van der Waals surface area (Å²) in [5.41, 5.74) is 7.59. The van der Waals surface area contributed by atoms with Crippen molar-refractivity contribution in [3.8, 4) is 0 Å². The van der Waals surface area contributed by atoms with E-state index in [1.165, 1.54) is 0 Å².